The number of nitrogens with two attached hydrogens (primary N) is 1. The van der Waals surface area contributed by atoms with Gasteiger partial charge in [-0.1, -0.05) is 31.5 Å². The maximum atomic E-state index is 12.3. The molecule has 3 N–H and O–H groups in total. The van der Waals surface area contributed by atoms with Crippen molar-refractivity contribution in [2.75, 3.05) is 13.7 Å². The number of halogens is 1. The van der Waals surface area contributed by atoms with Crippen LogP contribution in [-0.4, -0.2) is 28.2 Å². The van der Waals surface area contributed by atoms with Crippen LogP contribution in [0.4, 0.5) is 0 Å². The Labute approximate surface area is 125 Å². The van der Waals surface area contributed by atoms with Crippen LogP contribution in [0, 0.1) is 5.92 Å². The second-order valence-electron chi connectivity index (χ2n) is 4.88. The van der Waals surface area contributed by atoms with Crippen molar-refractivity contribution in [2.24, 2.45) is 11.7 Å². The van der Waals surface area contributed by atoms with Gasteiger partial charge in [0.05, 0.1) is 11.5 Å². The fraction of sp³-hybridized carbons (Fsp3) is 0.538. The predicted octanol–water partition coefficient (Wildman–Crippen LogP) is 1.75. The highest BCUT2D eigenvalue weighted by Crippen LogP contribution is 2.21. The first kappa shape index (κ1) is 17.4. The van der Waals surface area contributed by atoms with Gasteiger partial charge in [0.2, 0.25) is 10.0 Å². The van der Waals surface area contributed by atoms with Crippen LogP contribution in [0.2, 0.25) is 5.02 Å². The number of rotatable bonds is 7. The Hall–Kier alpha value is -0.660. The monoisotopic (exact) mass is 320 g/mol. The molecule has 1 atom stereocenters. The highest BCUT2D eigenvalue weighted by atomic mass is 35.5. The van der Waals surface area contributed by atoms with Crippen LogP contribution in [0.1, 0.15) is 19.4 Å². The maximum absolute atomic E-state index is 12.3. The fourth-order valence-electron chi connectivity index (χ4n) is 1.67. The van der Waals surface area contributed by atoms with Crippen LogP contribution in [0.5, 0.6) is 0 Å². The zero-order valence-corrected chi connectivity index (χ0v) is 13.5. The lowest BCUT2D eigenvalue weighted by Crippen LogP contribution is -2.41. The van der Waals surface area contributed by atoms with Gasteiger partial charge in [0, 0.05) is 24.7 Å². The highest BCUT2D eigenvalue weighted by molar-refractivity contribution is 7.89. The first-order valence-electron chi connectivity index (χ1n) is 6.31. The van der Waals surface area contributed by atoms with Crippen molar-refractivity contribution in [3.05, 3.63) is 28.8 Å². The Morgan fingerprint density at radius 2 is 2.05 bits per heavy atom. The smallest absolute Gasteiger partial charge is 0.240 e. The van der Waals surface area contributed by atoms with Crippen molar-refractivity contribution in [1.82, 2.24) is 4.72 Å². The summed E-state index contributed by atoms with van der Waals surface area (Å²) in [6, 6.07) is 4.24. The Bertz CT molecular complexity index is 547. The summed E-state index contributed by atoms with van der Waals surface area (Å²) < 4.78 is 32.3. The molecule has 0 bridgehead atoms. The molecule has 7 heteroatoms. The van der Waals surface area contributed by atoms with Crippen molar-refractivity contribution in [2.45, 2.75) is 31.3 Å². The predicted molar refractivity (Wildman–Crippen MR) is 80.2 cm³/mol. The summed E-state index contributed by atoms with van der Waals surface area (Å²) in [5.74, 6) is 0.114. The number of hydrogen-bond donors (Lipinski definition) is 2. The summed E-state index contributed by atoms with van der Waals surface area (Å²) in [6.45, 7) is 4.43. The van der Waals surface area contributed by atoms with E-state index in [0.717, 1.165) is 0 Å². The Balaban J connectivity index is 3.01. The van der Waals surface area contributed by atoms with Gasteiger partial charge >= 0.3 is 0 Å². The van der Waals surface area contributed by atoms with Gasteiger partial charge in [0.25, 0.3) is 0 Å². The van der Waals surface area contributed by atoms with Gasteiger partial charge in [-0.2, -0.15) is 0 Å². The molecule has 0 aromatic heterocycles. The van der Waals surface area contributed by atoms with Crippen LogP contribution in [0.25, 0.3) is 0 Å². The lowest BCUT2D eigenvalue weighted by atomic mass is 10.1. The largest absolute Gasteiger partial charge is 0.383 e. The van der Waals surface area contributed by atoms with E-state index < -0.39 is 10.0 Å². The molecule has 0 amide bonds. The highest BCUT2D eigenvalue weighted by Gasteiger charge is 2.23. The molecule has 0 saturated heterocycles. The molecule has 20 heavy (non-hydrogen) atoms. The number of ether oxygens (including phenoxy) is 1. The number of methoxy groups -OCH3 is 1. The van der Waals surface area contributed by atoms with Crippen molar-refractivity contribution >= 4 is 21.6 Å². The van der Waals surface area contributed by atoms with Gasteiger partial charge in [-0.15, -0.1) is 0 Å². The fourth-order valence-corrected chi connectivity index (χ4v) is 3.39. The molecule has 0 heterocycles. The third-order valence-electron chi connectivity index (χ3n) is 3.01. The Kier molecular flexibility index (Phi) is 6.42. The standard InChI is InChI=1S/C13H21ClN2O3S/c1-9(2)13(8-19-3)16-20(17,18)11-5-4-10(7-15)12(14)6-11/h4-6,9,13,16H,7-8,15H2,1-3H3. The Morgan fingerprint density at radius 1 is 1.40 bits per heavy atom. The summed E-state index contributed by atoms with van der Waals surface area (Å²) in [7, 11) is -2.09. The summed E-state index contributed by atoms with van der Waals surface area (Å²) >= 11 is 6.00. The molecular formula is C13H21ClN2O3S. The molecule has 0 spiro atoms. The van der Waals surface area contributed by atoms with Crippen LogP contribution < -0.4 is 10.5 Å². The lowest BCUT2D eigenvalue weighted by Gasteiger charge is -2.21. The molecular weight excluding hydrogens is 300 g/mol. The van der Waals surface area contributed by atoms with Crippen molar-refractivity contribution in [3.63, 3.8) is 0 Å². The zero-order chi connectivity index (χ0) is 15.3. The van der Waals surface area contributed by atoms with E-state index in [1.54, 1.807) is 6.07 Å². The zero-order valence-electron chi connectivity index (χ0n) is 11.9. The van der Waals surface area contributed by atoms with E-state index >= 15 is 0 Å². The summed E-state index contributed by atoms with van der Waals surface area (Å²) in [5, 5.41) is 0.350. The number of hydrogen-bond acceptors (Lipinski definition) is 4. The van der Waals surface area contributed by atoms with Crippen molar-refractivity contribution in [1.29, 1.82) is 0 Å². The van der Waals surface area contributed by atoms with E-state index in [1.165, 1.54) is 19.2 Å². The van der Waals surface area contributed by atoms with Gasteiger partial charge in [0.15, 0.2) is 0 Å². The molecule has 1 aromatic carbocycles. The molecule has 0 radical (unpaired) electrons. The van der Waals surface area contributed by atoms with Gasteiger partial charge in [-0.05, 0) is 23.6 Å². The minimum Gasteiger partial charge on any atom is -0.383 e. The molecule has 1 unspecified atom stereocenters. The minimum atomic E-state index is -3.63. The molecule has 0 fully saturated rings. The van der Waals surface area contributed by atoms with E-state index in [2.05, 4.69) is 4.72 Å². The average Bonchev–Trinajstić information content (AvgIpc) is 2.37. The maximum Gasteiger partial charge on any atom is 0.240 e. The van der Waals surface area contributed by atoms with E-state index in [-0.39, 0.29) is 23.4 Å². The number of nitrogens with one attached hydrogen (secondary N) is 1. The number of sulfonamides is 1. The third kappa shape index (κ3) is 4.43. The second-order valence-corrected chi connectivity index (χ2v) is 7.01. The first-order valence-corrected chi connectivity index (χ1v) is 8.17. The van der Waals surface area contributed by atoms with Crippen LogP contribution >= 0.6 is 11.6 Å². The summed E-state index contributed by atoms with van der Waals surface area (Å²) in [5.41, 5.74) is 6.21. The third-order valence-corrected chi connectivity index (χ3v) is 4.85. The van der Waals surface area contributed by atoms with Crippen molar-refractivity contribution in [3.8, 4) is 0 Å². The van der Waals surface area contributed by atoms with E-state index in [0.29, 0.717) is 17.2 Å². The molecule has 0 aliphatic carbocycles. The van der Waals surface area contributed by atoms with E-state index in [9.17, 15) is 8.42 Å². The topological polar surface area (TPSA) is 81.4 Å². The van der Waals surface area contributed by atoms with Crippen LogP contribution in [-0.2, 0) is 21.3 Å². The molecule has 114 valence electrons. The second kappa shape index (κ2) is 7.38. The molecule has 0 aliphatic rings. The molecule has 0 aliphatic heterocycles. The van der Waals surface area contributed by atoms with E-state index in [4.69, 9.17) is 22.1 Å². The van der Waals surface area contributed by atoms with Gasteiger partial charge in [-0.25, -0.2) is 13.1 Å². The summed E-state index contributed by atoms with van der Waals surface area (Å²) in [4.78, 5) is 0.126. The molecule has 5 nitrogen and oxygen atoms in total. The van der Waals surface area contributed by atoms with Crippen molar-refractivity contribution < 1.29 is 13.2 Å². The summed E-state index contributed by atoms with van der Waals surface area (Å²) in [6.07, 6.45) is 0. The van der Waals surface area contributed by atoms with Crippen LogP contribution in [0.15, 0.2) is 23.1 Å². The molecule has 0 saturated carbocycles. The molecule has 1 aromatic rings. The normalized spacial score (nSPS) is 13.7. The molecule has 1 rings (SSSR count). The SMILES string of the molecule is COCC(NS(=O)(=O)c1ccc(CN)c(Cl)c1)C(C)C. The minimum absolute atomic E-state index is 0.114. The van der Waals surface area contributed by atoms with Gasteiger partial charge < -0.3 is 10.5 Å². The van der Waals surface area contributed by atoms with E-state index in [1.807, 2.05) is 13.8 Å². The Morgan fingerprint density at radius 3 is 2.50 bits per heavy atom. The van der Waals surface area contributed by atoms with Crippen LogP contribution in [0.3, 0.4) is 0 Å². The lowest BCUT2D eigenvalue weighted by molar-refractivity contribution is 0.157. The van der Waals surface area contributed by atoms with Gasteiger partial charge in [0.1, 0.15) is 0 Å². The van der Waals surface area contributed by atoms with Gasteiger partial charge in [-0.3, -0.25) is 0 Å². The quantitative estimate of drug-likeness (QED) is 0.802. The average molecular weight is 321 g/mol. The first-order chi connectivity index (χ1) is 9.31. The number of benzene rings is 1.